The van der Waals surface area contributed by atoms with E-state index in [9.17, 15) is 27.6 Å². The van der Waals surface area contributed by atoms with E-state index in [2.05, 4.69) is 9.97 Å². The summed E-state index contributed by atoms with van der Waals surface area (Å²) in [6.07, 6.45) is 4.15. The Morgan fingerprint density at radius 1 is 1.19 bits per heavy atom. The van der Waals surface area contributed by atoms with E-state index in [0.29, 0.717) is 0 Å². The van der Waals surface area contributed by atoms with Gasteiger partial charge in [-0.05, 0) is 30.3 Å². The topological polar surface area (TPSA) is 140 Å². The smallest absolute Gasteiger partial charge is 0.362 e. The molecule has 0 spiro atoms. The summed E-state index contributed by atoms with van der Waals surface area (Å²) >= 11 is 6.00. The highest BCUT2D eigenvalue weighted by atomic mass is 35.5. The van der Waals surface area contributed by atoms with Gasteiger partial charge in [0.25, 0.3) is 5.56 Å². The van der Waals surface area contributed by atoms with Crippen LogP contribution in [0.5, 0.6) is 0 Å². The van der Waals surface area contributed by atoms with E-state index in [1.807, 2.05) is 0 Å². The Bertz CT molecular complexity index is 1770. The van der Waals surface area contributed by atoms with Crippen LogP contribution in [0, 0.1) is 5.82 Å². The highest BCUT2D eigenvalue weighted by Gasteiger charge is 2.26. The van der Waals surface area contributed by atoms with Crippen LogP contribution in [0.25, 0.3) is 27.8 Å². The van der Waals surface area contributed by atoms with Crippen LogP contribution in [-0.4, -0.2) is 32.9 Å². The first-order valence-electron chi connectivity index (χ1n) is 8.82. The van der Waals surface area contributed by atoms with Gasteiger partial charge in [0.1, 0.15) is 12.1 Å². The molecule has 0 aliphatic rings. The molecule has 2 aromatic carbocycles. The van der Waals surface area contributed by atoms with Gasteiger partial charge >= 0.3 is 11.7 Å². The average molecular weight is 477 g/mol. The van der Waals surface area contributed by atoms with Crippen LogP contribution in [0.1, 0.15) is 0 Å². The number of fused-ring (bicyclic) bond motifs is 2. The van der Waals surface area contributed by atoms with Gasteiger partial charge in [-0.25, -0.2) is 22.6 Å². The van der Waals surface area contributed by atoms with Crippen LogP contribution >= 0.6 is 11.6 Å². The number of hydrogen-bond acceptors (Lipinski definition) is 7. The number of benzene rings is 2. The van der Waals surface area contributed by atoms with Crippen LogP contribution in [-0.2, 0) is 9.84 Å². The number of oxazole rings is 1. The number of nitrogens with zero attached hydrogens (tertiary/aromatic N) is 3. The van der Waals surface area contributed by atoms with Gasteiger partial charge in [-0.2, -0.15) is 0 Å². The fourth-order valence-corrected chi connectivity index (χ4v) is 5.12. The first-order chi connectivity index (χ1) is 15.2. The lowest BCUT2D eigenvalue weighted by Gasteiger charge is -2.10. The second-order valence-corrected chi connectivity index (χ2v) is 9.01. The fourth-order valence-electron chi connectivity index (χ4n) is 3.43. The summed E-state index contributed by atoms with van der Waals surface area (Å²) in [6.45, 7) is 0. The Morgan fingerprint density at radius 2 is 1.97 bits per heavy atom. The lowest BCUT2D eigenvalue weighted by atomic mass is 10.2. The first-order valence-corrected chi connectivity index (χ1v) is 10.7. The van der Waals surface area contributed by atoms with E-state index < -0.39 is 47.6 Å². The quantitative estimate of drug-likeness (QED) is 0.381. The Labute approximate surface area is 181 Å². The van der Waals surface area contributed by atoms with Crippen molar-refractivity contribution in [1.82, 2.24) is 19.3 Å². The zero-order valence-corrected chi connectivity index (χ0v) is 17.2. The Hall–Kier alpha value is -3.90. The molecule has 13 heteroatoms. The molecule has 0 aliphatic heterocycles. The van der Waals surface area contributed by atoms with E-state index in [1.54, 1.807) is 0 Å². The summed E-state index contributed by atoms with van der Waals surface area (Å²) in [5.74, 6) is -0.823. The molecule has 5 aromatic rings. The maximum atomic E-state index is 14.8. The number of aromatic amines is 1. The normalized spacial score (nSPS) is 12.1. The standard InChI is InChI=1S/C19H10ClFN4O6S/c20-11-1-2-14(16-15(11)17(26)25(28)18(27)23-16)32(29,30)9-7-12(21)10-3-5-24(13(10)8-9)19-22-4-6-31-19/h1-8,28H,(H,23,27). The van der Waals surface area contributed by atoms with Crippen LogP contribution in [0.15, 0.2) is 72.8 Å². The van der Waals surface area contributed by atoms with Gasteiger partial charge in [-0.15, -0.1) is 0 Å². The van der Waals surface area contributed by atoms with Crippen molar-refractivity contribution in [2.45, 2.75) is 9.79 Å². The zero-order valence-electron chi connectivity index (χ0n) is 15.6. The minimum absolute atomic E-state index is 0.0960. The SMILES string of the molecule is O=c1[nH]c2c(S(=O)(=O)c3cc(F)c4ccn(-c5ncco5)c4c3)ccc(Cl)c2c(=O)n1O. The van der Waals surface area contributed by atoms with Gasteiger partial charge in [0.15, 0.2) is 0 Å². The summed E-state index contributed by atoms with van der Waals surface area (Å²) in [5.41, 5.74) is -2.72. The van der Waals surface area contributed by atoms with Crippen LogP contribution in [0.4, 0.5) is 4.39 Å². The summed E-state index contributed by atoms with van der Waals surface area (Å²) < 4.78 is 48.0. The summed E-state index contributed by atoms with van der Waals surface area (Å²) in [4.78, 5) is 29.3. The summed E-state index contributed by atoms with van der Waals surface area (Å²) in [6, 6.07) is 5.77. The molecule has 5 rings (SSSR count). The molecule has 32 heavy (non-hydrogen) atoms. The number of rotatable bonds is 3. The van der Waals surface area contributed by atoms with Gasteiger partial charge < -0.3 is 14.6 Å². The number of halogens is 2. The van der Waals surface area contributed by atoms with Crippen molar-refractivity contribution in [3.05, 3.63) is 80.7 Å². The third-order valence-electron chi connectivity index (χ3n) is 4.90. The fraction of sp³-hybridized carbons (Fsp3) is 0. The van der Waals surface area contributed by atoms with E-state index in [1.165, 1.54) is 35.4 Å². The molecule has 0 amide bonds. The molecule has 10 nitrogen and oxygen atoms in total. The van der Waals surface area contributed by atoms with Gasteiger partial charge in [0, 0.05) is 11.6 Å². The average Bonchev–Trinajstić information content (AvgIpc) is 3.41. The van der Waals surface area contributed by atoms with Crippen molar-refractivity contribution in [3.63, 3.8) is 0 Å². The van der Waals surface area contributed by atoms with Gasteiger partial charge in [-0.1, -0.05) is 16.3 Å². The molecule has 3 heterocycles. The number of nitrogens with one attached hydrogen (secondary N) is 1. The van der Waals surface area contributed by atoms with Crippen molar-refractivity contribution in [2.75, 3.05) is 0 Å². The Morgan fingerprint density at radius 3 is 2.69 bits per heavy atom. The highest BCUT2D eigenvalue weighted by molar-refractivity contribution is 7.91. The molecule has 3 aromatic heterocycles. The van der Waals surface area contributed by atoms with Crippen molar-refractivity contribution >= 4 is 43.2 Å². The van der Waals surface area contributed by atoms with Crippen LogP contribution in [0.3, 0.4) is 0 Å². The number of H-pyrrole nitrogens is 1. The van der Waals surface area contributed by atoms with Crippen molar-refractivity contribution in [3.8, 4) is 6.01 Å². The first kappa shape index (κ1) is 20.0. The van der Waals surface area contributed by atoms with Crippen LogP contribution in [0.2, 0.25) is 5.02 Å². The minimum atomic E-state index is -4.47. The molecular weight excluding hydrogens is 467 g/mol. The van der Waals surface area contributed by atoms with Crippen LogP contribution < -0.4 is 11.2 Å². The molecule has 0 fully saturated rings. The van der Waals surface area contributed by atoms with Gasteiger partial charge in [-0.3, -0.25) is 9.36 Å². The van der Waals surface area contributed by atoms with E-state index >= 15 is 0 Å². The zero-order chi connectivity index (χ0) is 22.8. The lowest BCUT2D eigenvalue weighted by molar-refractivity contribution is 0.162. The van der Waals surface area contributed by atoms with Crippen molar-refractivity contribution in [2.24, 2.45) is 0 Å². The molecule has 0 radical (unpaired) electrons. The molecule has 0 unspecified atom stereocenters. The molecular formula is C19H10ClFN4O6S. The van der Waals surface area contributed by atoms with Gasteiger partial charge in [0.05, 0.1) is 37.4 Å². The van der Waals surface area contributed by atoms with E-state index in [4.69, 9.17) is 16.0 Å². The van der Waals surface area contributed by atoms with Gasteiger partial charge in [0.2, 0.25) is 9.84 Å². The molecule has 0 atom stereocenters. The third kappa shape index (κ3) is 2.77. The second-order valence-electron chi connectivity index (χ2n) is 6.68. The van der Waals surface area contributed by atoms with E-state index in [-0.39, 0.29) is 26.7 Å². The monoisotopic (exact) mass is 476 g/mol. The number of sulfone groups is 1. The molecule has 162 valence electrons. The Kier molecular flexibility index (Phi) is 4.26. The third-order valence-corrected chi connectivity index (χ3v) is 6.99. The minimum Gasteiger partial charge on any atom is -0.432 e. The van der Waals surface area contributed by atoms with Crippen molar-refractivity contribution in [1.29, 1.82) is 0 Å². The largest absolute Gasteiger partial charge is 0.432 e. The summed E-state index contributed by atoms with van der Waals surface area (Å²) in [5, 5.41) is 9.09. The second kappa shape index (κ2) is 6.80. The molecule has 0 aliphatic carbocycles. The number of hydrogen-bond donors (Lipinski definition) is 2. The maximum absolute atomic E-state index is 14.8. The van der Waals surface area contributed by atoms with E-state index in [0.717, 1.165) is 18.2 Å². The Balaban J connectivity index is 1.82. The molecule has 0 saturated carbocycles. The van der Waals surface area contributed by atoms with Crippen molar-refractivity contribution < 1.29 is 22.4 Å². The summed E-state index contributed by atoms with van der Waals surface area (Å²) in [7, 11) is -4.47. The molecule has 2 N–H and O–H groups in total. The molecule has 0 bridgehead atoms. The predicted molar refractivity (Wildman–Crippen MR) is 110 cm³/mol. The lowest BCUT2D eigenvalue weighted by Crippen LogP contribution is -2.33. The highest BCUT2D eigenvalue weighted by Crippen LogP contribution is 2.32. The molecule has 0 saturated heterocycles. The predicted octanol–water partition coefficient (Wildman–Crippen LogP) is 2.48. The number of aromatic nitrogens is 4. The maximum Gasteiger partial charge on any atom is 0.362 e.